The topological polar surface area (TPSA) is 36.4 Å². The number of alkyl halides is 3. The maximum absolute atomic E-state index is 13.4. The fraction of sp³-hybridized carbons (Fsp3) is 0.391. The summed E-state index contributed by atoms with van der Waals surface area (Å²) < 4.78 is 40.2. The van der Waals surface area contributed by atoms with Gasteiger partial charge in [0.1, 0.15) is 5.82 Å². The molecule has 0 radical (unpaired) electrons. The van der Waals surface area contributed by atoms with Crippen LogP contribution in [0.4, 0.5) is 19.0 Å². The Kier molecular flexibility index (Phi) is 6.66. The first-order valence-corrected chi connectivity index (χ1v) is 9.84. The normalized spacial score (nSPS) is 16.8. The third-order valence-electron chi connectivity index (χ3n) is 5.25. The Labute approximate surface area is 174 Å². The lowest BCUT2D eigenvalue weighted by Crippen LogP contribution is -2.45. The summed E-state index contributed by atoms with van der Waals surface area (Å²) in [7, 11) is 0. The van der Waals surface area contributed by atoms with Gasteiger partial charge in [-0.3, -0.25) is 4.79 Å². The van der Waals surface area contributed by atoms with Crippen molar-refractivity contribution >= 4 is 11.7 Å². The van der Waals surface area contributed by atoms with Gasteiger partial charge in [-0.15, -0.1) is 6.42 Å². The molecule has 1 unspecified atom stereocenters. The number of piperidine rings is 1. The van der Waals surface area contributed by atoms with E-state index in [0.29, 0.717) is 25.9 Å². The van der Waals surface area contributed by atoms with Gasteiger partial charge < -0.3 is 9.80 Å². The first-order valence-electron chi connectivity index (χ1n) is 9.84. The molecule has 1 fully saturated rings. The largest absolute Gasteiger partial charge is 0.419 e. The molecule has 7 heteroatoms. The molecule has 1 aliphatic heterocycles. The number of pyridine rings is 1. The van der Waals surface area contributed by atoms with Gasteiger partial charge in [0.2, 0.25) is 5.91 Å². The van der Waals surface area contributed by atoms with Crippen molar-refractivity contribution in [3.8, 4) is 12.3 Å². The smallest absolute Gasteiger partial charge is 0.355 e. The number of terminal acetylenes is 1. The van der Waals surface area contributed by atoms with Crippen LogP contribution in [-0.2, 0) is 17.5 Å². The van der Waals surface area contributed by atoms with Crippen LogP contribution in [0.15, 0.2) is 42.6 Å². The summed E-state index contributed by atoms with van der Waals surface area (Å²) in [6, 6.07) is 10.1. The number of aromatic nitrogens is 1. The maximum Gasteiger partial charge on any atom is 0.419 e. The van der Waals surface area contributed by atoms with Crippen LogP contribution < -0.4 is 4.90 Å². The van der Waals surface area contributed by atoms with Crippen molar-refractivity contribution in [2.24, 2.45) is 5.92 Å². The minimum atomic E-state index is -4.50. The van der Waals surface area contributed by atoms with Crippen LogP contribution in [0.5, 0.6) is 0 Å². The number of carbonyl (C=O) groups excluding carboxylic acids is 1. The minimum Gasteiger partial charge on any atom is -0.355 e. The number of amides is 1. The van der Waals surface area contributed by atoms with E-state index in [-0.39, 0.29) is 24.8 Å². The lowest BCUT2D eigenvalue weighted by atomic mass is 9.95. The highest BCUT2D eigenvalue weighted by atomic mass is 19.4. The molecule has 1 aromatic heterocycles. The third-order valence-corrected chi connectivity index (χ3v) is 5.25. The molecule has 0 aliphatic carbocycles. The van der Waals surface area contributed by atoms with Gasteiger partial charge >= 0.3 is 6.18 Å². The molecule has 0 bridgehead atoms. The summed E-state index contributed by atoms with van der Waals surface area (Å²) in [5, 5.41) is 0. The van der Waals surface area contributed by atoms with Gasteiger partial charge in [0.15, 0.2) is 0 Å². The predicted molar refractivity (Wildman–Crippen MR) is 110 cm³/mol. The van der Waals surface area contributed by atoms with Crippen LogP contribution in [0.2, 0.25) is 0 Å². The van der Waals surface area contributed by atoms with Crippen LogP contribution in [-0.4, -0.2) is 35.4 Å². The number of rotatable bonds is 5. The summed E-state index contributed by atoms with van der Waals surface area (Å²) in [5.41, 5.74) is 1.30. The molecule has 0 spiro atoms. The molecule has 2 heterocycles. The molecule has 1 aliphatic rings. The molecule has 30 heavy (non-hydrogen) atoms. The van der Waals surface area contributed by atoms with Crippen LogP contribution in [0.3, 0.4) is 0 Å². The number of halogens is 3. The van der Waals surface area contributed by atoms with Crippen molar-refractivity contribution in [3.63, 3.8) is 0 Å². The molecule has 1 aromatic carbocycles. The Hall–Kier alpha value is -3.01. The second-order valence-electron chi connectivity index (χ2n) is 7.54. The van der Waals surface area contributed by atoms with Crippen LogP contribution in [0, 0.1) is 25.2 Å². The molecule has 158 valence electrons. The van der Waals surface area contributed by atoms with E-state index in [9.17, 15) is 18.0 Å². The average Bonchev–Trinajstić information content (AvgIpc) is 2.74. The van der Waals surface area contributed by atoms with E-state index in [4.69, 9.17) is 6.42 Å². The number of hydrogen-bond acceptors (Lipinski definition) is 3. The summed E-state index contributed by atoms with van der Waals surface area (Å²) in [5.74, 6) is 1.83. The van der Waals surface area contributed by atoms with Crippen molar-refractivity contribution in [3.05, 3.63) is 59.3 Å². The third kappa shape index (κ3) is 5.12. The fourth-order valence-electron chi connectivity index (χ4n) is 3.74. The quantitative estimate of drug-likeness (QED) is 0.684. The molecule has 4 nitrogen and oxygen atoms in total. The number of nitrogens with zero attached hydrogens (tertiary/aromatic N) is 3. The zero-order chi connectivity index (χ0) is 21.7. The fourth-order valence-corrected chi connectivity index (χ4v) is 3.74. The summed E-state index contributed by atoms with van der Waals surface area (Å²) in [6.07, 6.45) is 3.54. The molecule has 0 saturated carbocycles. The van der Waals surface area contributed by atoms with Gasteiger partial charge in [-0.05, 0) is 37.5 Å². The van der Waals surface area contributed by atoms with Crippen molar-refractivity contribution < 1.29 is 18.0 Å². The summed E-state index contributed by atoms with van der Waals surface area (Å²) in [4.78, 5) is 20.3. The van der Waals surface area contributed by atoms with Crippen molar-refractivity contribution in [2.75, 3.05) is 24.5 Å². The molecule has 1 atom stereocenters. The lowest BCUT2D eigenvalue weighted by Gasteiger charge is -2.36. The molecular formula is C23H24F3N3O. The van der Waals surface area contributed by atoms with Gasteiger partial charge in [0.05, 0.1) is 18.0 Å². The molecule has 2 aromatic rings. The Morgan fingerprint density at radius 3 is 2.70 bits per heavy atom. The van der Waals surface area contributed by atoms with Gasteiger partial charge in [0.25, 0.3) is 0 Å². The number of benzene rings is 1. The van der Waals surface area contributed by atoms with Crippen molar-refractivity contribution in [2.45, 2.75) is 32.5 Å². The highest BCUT2D eigenvalue weighted by molar-refractivity contribution is 5.80. The Balaban J connectivity index is 1.77. The Morgan fingerprint density at radius 2 is 2.03 bits per heavy atom. The first kappa shape index (κ1) is 21.7. The summed E-state index contributed by atoms with van der Waals surface area (Å²) in [6.45, 7) is 3.13. The standard InChI is InChI=1S/C23H24F3N3O/c1-3-13-29(15-18-10-8-17(2)9-11-18)22(30)19-6-5-14-28(16-19)21-20(23(24,25)26)7-4-12-27-21/h1,4,7-12,19H,5-6,13-16H2,2H3. The van der Waals surface area contributed by atoms with Crippen LogP contribution >= 0.6 is 0 Å². The van der Waals surface area contributed by atoms with E-state index < -0.39 is 17.7 Å². The lowest BCUT2D eigenvalue weighted by molar-refractivity contribution is -0.137. The van der Waals surface area contributed by atoms with Crippen molar-refractivity contribution in [1.29, 1.82) is 0 Å². The molecular weight excluding hydrogens is 391 g/mol. The number of hydrogen-bond donors (Lipinski definition) is 0. The second-order valence-corrected chi connectivity index (χ2v) is 7.54. The number of carbonyl (C=O) groups is 1. The maximum atomic E-state index is 13.4. The van der Waals surface area contributed by atoms with E-state index in [0.717, 1.165) is 17.2 Å². The SMILES string of the molecule is C#CCN(Cc1ccc(C)cc1)C(=O)C1CCCN(c2ncccc2C(F)(F)F)C1. The van der Waals surface area contributed by atoms with E-state index in [2.05, 4.69) is 10.9 Å². The minimum absolute atomic E-state index is 0.121. The van der Waals surface area contributed by atoms with E-state index in [1.54, 1.807) is 9.80 Å². The average molecular weight is 415 g/mol. The molecule has 1 saturated heterocycles. The van der Waals surface area contributed by atoms with Crippen LogP contribution in [0.1, 0.15) is 29.5 Å². The number of anilines is 1. The predicted octanol–water partition coefficient (Wildman–Crippen LogP) is 4.29. The van der Waals surface area contributed by atoms with E-state index in [1.807, 2.05) is 31.2 Å². The molecule has 1 amide bonds. The Morgan fingerprint density at radius 1 is 1.30 bits per heavy atom. The highest BCUT2D eigenvalue weighted by Gasteiger charge is 2.37. The molecule has 3 rings (SSSR count). The van der Waals surface area contributed by atoms with Gasteiger partial charge in [-0.25, -0.2) is 4.98 Å². The van der Waals surface area contributed by atoms with Gasteiger partial charge in [-0.2, -0.15) is 13.2 Å². The monoisotopic (exact) mass is 415 g/mol. The van der Waals surface area contributed by atoms with Crippen LogP contribution in [0.25, 0.3) is 0 Å². The van der Waals surface area contributed by atoms with E-state index >= 15 is 0 Å². The van der Waals surface area contributed by atoms with Gasteiger partial charge in [-0.1, -0.05) is 35.7 Å². The highest BCUT2D eigenvalue weighted by Crippen LogP contribution is 2.36. The zero-order valence-electron chi connectivity index (χ0n) is 16.8. The number of aryl methyl sites for hydroxylation is 1. The second kappa shape index (κ2) is 9.21. The zero-order valence-corrected chi connectivity index (χ0v) is 16.8. The Bertz CT molecular complexity index is 919. The van der Waals surface area contributed by atoms with Gasteiger partial charge in [0, 0.05) is 25.8 Å². The summed E-state index contributed by atoms with van der Waals surface area (Å²) >= 11 is 0. The van der Waals surface area contributed by atoms with Crippen molar-refractivity contribution in [1.82, 2.24) is 9.88 Å². The first-order chi connectivity index (χ1) is 14.3. The molecule has 0 N–H and O–H groups in total. The van der Waals surface area contributed by atoms with E-state index in [1.165, 1.54) is 12.3 Å².